The molecule has 4 rings (SSSR count). The summed E-state index contributed by atoms with van der Waals surface area (Å²) in [7, 11) is 0. The first-order chi connectivity index (χ1) is 11.7. The average Bonchev–Trinajstić information content (AvgIpc) is 3.49. The maximum atomic E-state index is 4.68. The van der Waals surface area contributed by atoms with Crippen molar-refractivity contribution in [1.82, 2.24) is 15.5 Å². The number of nitrogens with zero attached hydrogens (tertiary/aromatic N) is 2. The molecule has 5 heteroatoms. The van der Waals surface area contributed by atoms with Crippen LogP contribution in [0.5, 0.6) is 0 Å². The predicted octanol–water partition coefficient (Wildman–Crippen LogP) is 3.34. The van der Waals surface area contributed by atoms with Crippen molar-refractivity contribution in [3.8, 4) is 0 Å². The van der Waals surface area contributed by atoms with E-state index in [2.05, 4.69) is 64.7 Å². The van der Waals surface area contributed by atoms with Gasteiger partial charge in [-0.15, -0.1) is 24.0 Å². The van der Waals surface area contributed by atoms with Gasteiger partial charge < -0.3 is 10.6 Å². The van der Waals surface area contributed by atoms with Crippen molar-refractivity contribution in [3.63, 3.8) is 0 Å². The fraction of sp³-hybridized carbons (Fsp3) is 0.650. The second-order valence-corrected chi connectivity index (χ2v) is 7.68. The lowest BCUT2D eigenvalue weighted by Gasteiger charge is -2.20. The second-order valence-electron chi connectivity index (χ2n) is 7.68. The number of rotatable bonds is 5. The van der Waals surface area contributed by atoms with Gasteiger partial charge in [-0.05, 0) is 45.1 Å². The summed E-state index contributed by atoms with van der Waals surface area (Å²) in [5.74, 6) is 1.65. The molecule has 138 valence electrons. The van der Waals surface area contributed by atoms with Crippen LogP contribution in [0, 0.1) is 0 Å². The molecule has 1 aromatic carbocycles. The number of hydrogen-bond acceptors (Lipinski definition) is 2. The Labute approximate surface area is 168 Å². The van der Waals surface area contributed by atoms with Crippen LogP contribution < -0.4 is 10.6 Å². The minimum atomic E-state index is 0. The normalized spacial score (nSPS) is 32.2. The van der Waals surface area contributed by atoms with Gasteiger partial charge >= 0.3 is 0 Å². The topological polar surface area (TPSA) is 39.7 Å². The lowest BCUT2D eigenvalue weighted by Crippen LogP contribution is -2.45. The number of aliphatic imine (C=N–C) groups is 1. The van der Waals surface area contributed by atoms with Crippen molar-refractivity contribution in [2.24, 2.45) is 4.99 Å². The van der Waals surface area contributed by atoms with Gasteiger partial charge in [-0.3, -0.25) is 9.89 Å². The van der Waals surface area contributed by atoms with Crippen LogP contribution in [0.25, 0.3) is 0 Å². The lowest BCUT2D eigenvalue weighted by atomic mass is 10.1. The van der Waals surface area contributed by atoms with E-state index >= 15 is 0 Å². The van der Waals surface area contributed by atoms with E-state index in [0.717, 1.165) is 18.5 Å². The molecule has 4 unspecified atom stereocenters. The molecule has 1 heterocycles. The number of hydrogen-bond donors (Lipinski definition) is 2. The summed E-state index contributed by atoms with van der Waals surface area (Å²) in [6, 6.07) is 13.5. The molecule has 0 radical (unpaired) electrons. The molecular formula is C20H31IN4. The highest BCUT2D eigenvalue weighted by Gasteiger charge is 2.41. The third-order valence-electron chi connectivity index (χ3n) is 5.64. The van der Waals surface area contributed by atoms with Crippen molar-refractivity contribution >= 4 is 29.9 Å². The van der Waals surface area contributed by atoms with Gasteiger partial charge in [0.15, 0.2) is 5.96 Å². The third-order valence-corrected chi connectivity index (χ3v) is 5.64. The molecule has 0 amide bonds. The van der Waals surface area contributed by atoms with Gasteiger partial charge in [0, 0.05) is 43.2 Å². The molecule has 1 aromatic rings. The standard InChI is InChI=1S/C20H30N4.HI/c1-3-21-20(22-16-11-14(2)24(13-16)17-9-10-17)23-19-12-18(19)15-7-5-4-6-8-15;/h4-8,14,16-19H,3,9-13H2,1-2H3,(H2,21,22,23);1H. The molecule has 0 bridgehead atoms. The average molecular weight is 454 g/mol. The van der Waals surface area contributed by atoms with Gasteiger partial charge in [-0.25, -0.2) is 0 Å². The van der Waals surface area contributed by atoms with Crippen LogP contribution in [-0.2, 0) is 0 Å². The molecule has 4 atom stereocenters. The first kappa shape index (κ1) is 19.0. The molecule has 2 saturated carbocycles. The van der Waals surface area contributed by atoms with E-state index in [1.165, 1.54) is 37.8 Å². The van der Waals surface area contributed by atoms with Gasteiger partial charge in [0.25, 0.3) is 0 Å². The number of likely N-dealkylation sites (tertiary alicyclic amines) is 1. The summed E-state index contributed by atoms with van der Waals surface area (Å²) in [4.78, 5) is 7.37. The molecule has 3 aliphatic rings. The molecule has 2 N–H and O–H groups in total. The first-order valence-electron chi connectivity index (χ1n) is 9.62. The minimum absolute atomic E-state index is 0. The summed E-state index contributed by atoms with van der Waals surface area (Å²) < 4.78 is 0. The minimum Gasteiger partial charge on any atom is -0.353 e. The zero-order valence-electron chi connectivity index (χ0n) is 15.3. The van der Waals surface area contributed by atoms with E-state index in [-0.39, 0.29) is 24.0 Å². The first-order valence-corrected chi connectivity index (χ1v) is 9.62. The molecule has 0 spiro atoms. The molecular weight excluding hydrogens is 423 g/mol. The van der Waals surface area contributed by atoms with Gasteiger partial charge in [0.05, 0.1) is 0 Å². The van der Waals surface area contributed by atoms with E-state index in [1.54, 1.807) is 0 Å². The van der Waals surface area contributed by atoms with Crippen molar-refractivity contribution in [2.45, 2.75) is 69.6 Å². The Morgan fingerprint density at radius 2 is 1.92 bits per heavy atom. The maximum Gasteiger partial charge on any atom is 0.191 e. The quantitative estimate of drug-likeness (QED) is 0.408. The molecule has 25 heavy (non-hydrogen) atoms. The zero-order chi connectivity index (χ0) is 16.5. The van der Waals surface area contributed by atoms with Gasteiger partial charge in [0.2, 0.25) is 0 Å². The van der Waals surface area contributed by atoms with Gasteiger partial charge in [-0.2, -0.15) is 0 Å². The van der Waals surface area contributed by atoms with E-state index in [4.69, 9.17) is 0 Å². The van der Waals surface area contributed by atoms with Gasteiger partial charge in [0.1, 0.15) is 0 Å². The summed E-state index contributed by atoms with van der Waals surface area (Å²) in [5, 5.41) is 7.36. The van der Waals surface area contributed by atoms with Crippen LogP contribution in [0.2, 0.25) is 0 Å². The lowest BCUT2D eigenvalue weighted by molar-refractivity contribution is 0.256. The van der Waals surface area contributed by atoms with Crippen LogP contribution in [-0.4, -0.2) is 48.1 Å². The highest BCUT2D eigenvalue weighted by molar-refractivity contribution is 14.0. The zero-order valence-corrected chi connectivity index (χ0v) is 17.6. The van der Waals surface area contributed by atoms with Crippen molar-refractivity contribution in [2.75, 3.05) is 13.1 Å². The smallest absolute Gasteiger partial charge is 0.191 e. The van der Waals surface area contributed by atoms with Crippen molar-refractivity contribution in [1.29, 1.82) is 0 Å². The molecule has 4 nitrogen and oxygen atoms in total. The Kier molecular flexibility index (Phi) is 6.25. The van der Waals surface area contributed by atoms with E-state index in [0.29, 0.717) is 24.0 Å². The highest BCUT2D eigenvalue weighted by atomic mass is 127. The predicted molar refractivity (Wildman–Crippen MR) is 115 cm³/mol. The maximum absolute atomic E-state index is 4.68. The van der Waals surface area contributed by atoms with E-state index in [9.17, 15) is 0 Å². The largest absolute Gasteiger partial charge is 0.353 e. The Morgan fingerprint density at radius 1 is 1.16 bits per heavy atom. The van der Waals surface area contributed by atoms with E-state index < -0.39 is 0 Å². The fourth-order valence-corrected chi connectivity index (χ4v) is 4.16. The van der Waals surface area contributed by atoms with Gasteiger partial charge in [-0.1, -0.05) is 30.3 Å². The Balaban J connectivity index is 0.00000182. The Morgan fingerprint density at radius 3 is 2.60 bits per heavy atom. The van der Waals surface area contributed by atoms with Crippen LogP contribution >= 0.6 is 24.0 Å². The number of guanidine groups is 1. The number of halogens is 1. The summed E-state index contributed by atoms with van der Waals surface area (Å²) in [5.41, 5.74) is 1.44. The van der Waals surface area contributed by atoms with Crippen molar-refractivity contribution in [3.05, 3.63) is 35.9 Å². The third kappa shape index (κ3) is 4.67. The van der Waals surface area contributed by atoms with Crippen LogP contribution in [0.1, 0.15) is 51.0 Å². The summed E-state index contributed by atoms with van der Waals surface area (Å²) >= 11 is 0. The van der Waals surface area contributed by atoms with E-state index in [1.807, 2.05) is 0 Å². The molecule has 1 aliphatic heterocycles. The van der Waals surface area contributed by atoms with Crippen LogP contribution in [0.4, 0.5) is 0 Å². The van der Waals surface area contributed by atoms with Crippen molar-refractivity contribution < 1.29 is 0 Å². The number of benzene rings is 1. The van der Waals surface area contributed by atoms with Crippen LogP contribution in [0.15, 0.2) is 35.3 Å². The van der Waals surface area contributed by atoms with Crippen LogP contribution in [0.3, 0.4) is 0 Å². The summed E-state index contributed by atoms with van der Waals surface area (Å²) in [6.45, 7) is 6.48. The fourth-order valence-electron chi connectivity index (χ4n) is 4.16. The Hall–Kier alpha value is -0.820. The molecule has 3 fully saturated rings. The highest BCUT2D eigenvalue weighted by Crippen LogP contribution is 2.40. The molecule has 2 aliphatic carbocycles. The molecule has 0 aromatic heterocycles. The second kappa shape index (κ2) is 8.25. The monoisotopic (exact) mass is 454 g/mol. The number of nitrogens with one attached hydrogen (secondary N) is 2. The summed E-state index contributed by atoms with van der Waals surface area (Å²) in [6.07, 6.45) is 5.23. The molecule has 1 saturated heterocycles. The SMILES string of the molecule is CCN=C(NC1CC(C)N(C2CC2)C1)NC1CC1c1ccccc1.I. The Bertz CT molecular complexity index is 587.